The van der Waals surface area contributed by atoms with Crippen LogP contribution >= 0.6 is 0 Å². The summed E-state index contributed by atoms with van der Waals surface area (Å²) in [4.78, 5) is 99.0. The molecular weight excluding hydrogens is 961 g/mol. The zero-order valence-corrected chi connectivity index (χ0v) is 46.2. The number of allylic oxidation sites excluding steroid dienone is 22. The summed E-state index contributed by atoms with van der Waals surface area (Å²) < 4.78 is 9.91. The summed E-state index contributed by atoms with van der Waals surface area (Å²) in [6, 6.07) is -1.34. The summed E-state index contributed by atoms with van der Waals surface area (Å²) in [7, 11) is 0. The number of rotatable bonds is 37. The smallest absolute Gasteiger partial charge is 0.306 e. The van der Waals surface area contributed by atoms with E-state index in [-0.39, 0.29) is 24.7 Å². The van der Waals surface area contributed by atoms with Crippen LogP contribution < -0.4 is 10.6 Å². The number of amides is 6. The maximum absolute atomic E-state index is 12.3. The van der Waals surface area contributed by atoms with Crippen molar-refractivity contribution >= 4 is 47.4 Å². The fourth-order valence-electron chi connectivity index (χ4n) is 7.62. The van der Waals surface area contributed by atoms with Gasteiger partial charge in [0.2, 0.25) is 23.6 Å². The number of carbonyl (C=O) groups excluding carboxylic acids is 8. The Morgan fingerprint density at radius 1 is 0.434 bits per heavy atom. The van der Waals surface area contributed by atoms with Crippen LogP contribution in [0.4, 0.5) is 0 Å². The maximum Gasteiger partial charge on any atom is 0.306 e. The third kappa shape index (κ3) is 35.5. The van der Waals surface area contributed by atoms with E-state index in [1.807, 2.05) is 18.2 Å². The average Bonchev–Trinajstić information content (AvgIpc) is 4.03. The molecule has 0 radical (unpaired) electrons. The molecule has 0 aromatic heterocycles. The topological polar surface area (TPSA) is 186 Å². The zero-order valence-electron chi connectivity index (χ0n) is 46.2. The monoisotopic (exact) mass is 1050 g/mol. The van der Waals surface area contributed by atoms with Crippen LogP contribution in [-0.2, 0) is 47.8 Å². The molecule has 2 rings (SSSR count). The summed E-state index contributed by atoms with van der Waals surface area (Å²) in [5.74, 6) is -3.56. The van der Waals surface area contributed by atoms with Crippen LogP contribution in [0.5, 0.6) is 0 Å². The third-order valence-electron chi connectivity index (χ3n) is 11.6. The molecule has 2 atom stereocenters. The van der Waals surface area contributed by atoms with Crippen molar-refractivity contribution in [2.45, 2.75) is 181 Å². The fraction of sp³-hybridized carbons (Fsp3) is 0.516. The lowest BCUT2D eigenvalue weighted by atomic mass is 10.2. The lowest BCUT2D eigenvalue weighted by molar-refractivity contribution is -0.150. The molecule has 0 unspecified atom stereocenters. The standard InChI is InChI=1S/C32H46N2O5.C30H44N2O5/c1-3-5-6-7-8-9-10-11-12-13-14-15-16-17-18-19-20-21-22-25-31(37)39-27-29(35)33-32(38)28(4-2)34-26-23-24-30(34)36;1-3-5-6-7-8-9-10-11-12-13-14-15-16-17-18-19-20-23-29(35)37-25-27(33)31-30(36)26(4-2)32-24-21-22-28(32)34/h5-6,8-9,11-12,14-15,17-18,20-21,28H,3-4,7,10,13,16,19,22-27H2,1-2H3,(H,33,35,38);5-6,8-9,11-12,14-15,17-18,26H,3-4,7,10,13,16,19-25H2,1-2H3,(H,31,33,36)/b6-5-,9-8-,12-11-,15-14-,18-17-,21-20-;6-5-,9-8-,12-11-,15-14-,18-17-/t28-;26-/m00/s1. The van der Waals surface area contributed by atoms with E-state index >= 15 is 0 Å². The van der Waals surface area contributed by atoms with Crippen molar-refractivity contribution in [3.05, 3.63) is 134 Å². The van der Waals surface area contributed by atoms with E-state index in [1.165, 1.54) is 9.80 Å². The molecule has 418 valence electrons. The Bertz CT molecular complexity index is 2070. The molecule has 2 fully saturated rings. The largest absolute Gasteiger partial charge is 0.456 e. The molecule has 2 N–H and O–H groups in total. The molecule has 0 bridgehead atoms. The van der Waals surface area contributed by atoms with Crippen LogP contribution in [-0.4, -0.2) is 95.6 Å². The molecule has 0 aromatic carbocycles. The van der Waals surface area contributed by atoms with Gasteiger partial charge in [-0.3, -0.25) is 49.0 Å². The first-order valence-corrected chi connectivity index (χ1v) is 27.7. The normalized spacial score (nSPS) is 15.2. The second-order valence-electron chi connectivity index (χ2n) is 17.9. The van der Waals surface area contributed by atoms with Gasteiger partial charge in [-0.15, -0.1) is 0 Å². The van der Waals surface area contributed by atoms with Crippen molar-refractivity contribution in [2.24, 2.45) is 0 Å². The Morgan fingerprint density at radius 2 is 0.737 bits per heavy atom. The van der Waals surface area contributed by atoms with E-state index in [9.17, 15) is 38.4 Å². The molecule has 6 amide bonds. The molecule has 2 aliphatic heterocycles. The Labute approximate surface area is 455 Å². The Balaban J connectivity index is 0.000000761. The predicted molar refractivity (Wildman–Crippen MR) is 304 cm³/mol. The maximum atomic E-state index is 12.3. The van der Waals surface area contributed by atoms with Gasteiger partial charge < -0.3 is 19.3 Å². The van der Waals surface area contributed by atoms with Gasteiger partial charge in [-0.05, 0) is 116 Å². The van der Waals surface area contributed by atoms with Crippen molar-refractivity contribution in [3.63, 3.8) is 0 Å². The van der Waals surface area contributed by atoms with E-state index in [0.717, 1.165) is 77.0 Å². The highest BCUT2D eigenvalue weighted by Crippen LogP contribution is 2.17. The van der Waals surface area contributed by atoms with Gasteiger partial charge in [0, 0.05) is 38.8 Å². The quantitative estimate of drug-likeness (QED) is 0.0345. The number of esters is 2. The van der Waals surface area contributed by atoms with Gasteiger partial charge >= 0.3 is 11.9 Å². The van der Waals surface area contributed by atoms with E-state index in [2.05, 4.69) is 140 Å². The van der Waals surface area contributed by atoms with Gasteiger partial charge in [0.05, 0.1) is 0 Å². The Kier molecular flexibility index (Phi) is 41.5. The summed E-state index contributed by atoms with van der Waals surface area (Å²) in [5, 5.41) is 4.46. The Morgan fingerprint density at radius 3 is 1.04 bits per heavy atom. The minimum Gasteiger partial charge on any atom is -0.456 e. The molecule has 0 aromatic rings. The molecule has 0 aliphatic carbocycles. The number of carbonyl (C=O) groups is 8. The number of unbranched alkanes of at least 4 members (excludes halogenated alkanes) is 1. The molecule has 2 heterocycles. The predicted octanol–water partition coefficient (Wildman–Crippen LogP) is 11.5. The number of nitrogens with one attached hydrogen (secondary N) is 2. The van der Waals surface area contributed by atoms with Crippen LogP contribution in [0.3, 0.4) is 0 Å². The summed E-state index contributed by atoms with van der Waals surface area (Å²) in [6.07, 6.45) is 62.6. The van der Waals surface area contributed by atoms with Crippen molar-refractivity contribution in [1.29, 1.82) is 0 Å². The van der Waals surface area contributed by atoms with E-state index in [4.69, 9.17) is 9.47 Å². The number of hydrogen-bond donors (Lipinski definition) is 2. The van der Waals surface area contributed by atoms with Gasteiger partial charge in [-0.25, -0.2) is 0 Å². The molecule has 14 nitrogen and oxygen atoms in total. The fourth-order valence-corrected chi connectivity index (χ4v) is 7.62. The number of imide groups is 2. The van der Waals surface area contributed by atoms with Gasteiger partial charge in [-0.1, -0.05) is 161 Å². The number of ether oxygens (including phenoxy) is 2. The molecule has 14 heteroatoms. The van der Waals surface area contributed by atoms with Crippen LogP contribution in [0.15, 0.2) is 134 Å². The highest BCUT2D eigenvalue weighted by Gasteiger charge is 2.33. The number of nitrogens with zero attached hydrogens (tertiary/aromatic N) is 2. The molecule has 0 saturated carbocycles. The second kappa shape index (κ2) is 46.8. The summed E-state index contributed by atoms with van der Waals surface area (Å²) >= 11 is 0. The first-order valence-electron chi connectivity index (χ1n) is 27.7. The second-order valence-corrected chi connectivity index (χ2v) is 17.9. The lowest BCUT2D eigenvalue weighted by Gasteiger charge is -2.25. The zero-order chi connectivity index (χ0) is 55.7. The first kappa shape index (κ1) is 67.3. The Hall–Kier alpha value is -6.70. The van der Waals surface area contributed by atoms with Crippen LogP contribution in [0.2, 0.25) is 0 Å². The van der Waals surface area contributed by atoms with Gasteiger partial charge in [0.25, 0.3) is 11.8 Å². The van der Waals surface area contributed by atoms with Crippen molar-refractivity contribution in [3.8, 4) is 0 Å². The van der Waals surface area contributed by atoms with E-state index < -0.39 is 60.9 Å². The van der Waals surface area contributed by atoms with Gasteiger partial charge in [0.1, 0.15) is 12.1 Å². The summed E-state index contributed by atoms with van der Waals surface area (Å²) in [5.41, 5.74) is 0. The van der Waals surface area contributed by atoms with Crippen LogP contribution in [0.25, 0.3) is 0 Å². The van der Waals surface area contributed by atoms with E-state index in [0.29, 0.717) is 64.5 Å². The first-order chi connectivity index (χ1) is 37.0. The number of hydrogen-bond acceptors (Lipinski definition) is 10. The van der Waals surface area contributed by atoms with Gasteiger partial charge in [-0.2, -0.15) is 0 Å². The minimum absolute atomic E-state index is 0.0756. The molecule has 0 spiro atoms. The van der Waals surface area contributed by atoms with Crippen LogP contribution in [0, 0.1) is 0 Å². The van der Waals surface area contributed by atoms with Crippen molar-refractivity contribution in [1.82, 2.24) is 20.4 Å². The van der Waals surface area contributed by atoms with Crippen molar-refractivity contribution < 1.29 is 47.8 Å². The SMILES string of the molecule is CC/C=C\C/C=C\C/C=C\C/C=C\C/C=C\C/C=C\CCC(=O)OCC(=O)NC(=O)[C@H](CC)N1CCCC1=O.CC/C=C\C/C=C\C/C=C\C/C=C\C/C=C\CCCC(=O)OCC(=O)NC(=O)[C@H](CC)N1CCCC1=O. The lowest BCUT2D eigenvalue weighted by Crippen LogP contribution is -2.49. The number of likely N-dealkylation sites (tertiary alicyclic amines) is 2. The molecule has 76 heavy (non-hydrogen) atoms. The van der Waals surface area contributed by atoms with Crippen molar-refractivity contribution in [2.75, 3.05) is 26.3 Å². The van der Waals surface area contributed by atoms with Gasteiger partial charge in [0.15, 0.2) is 13.2 Å². The average molecular weight is 1050 g/mol. The minimum atomic E-state index is -0.688. The third-order valence-corrected chi connectivity index (χ3v) is 11.6. The molecular formula is C62H90N4O10. The molecule has 2 aliphatic rings. The van der Waals surface area contributed by atoms with E-state index in [1.54, 1.807) is 13.8 Å². The highest BCUT2D eigenvalue weighted by molar-refractivity contribution is 6.01. The van der Waals surface area contributed by atoms with Crippen LogP contribution in [0.1, 0.15) is 169 Å². The highest BCUT2D eigenvalue weighted by atomic mass is 16.5. The molecule has 2 saturated heterocycles. The summed E-state index contributed by atoms with van der Waals surface area (Å²) in [6.45, 7) is 7.87.